The molecule has 1 amide bonds. The number of rotatable bonds is 8. The third kappa shape index (κ3) is 5.90. The van der Waals surface area contributed by atoms with E-state index in [-0.39, 0.29) is 11.5 Å². The average molecular weight is 639 g/mol. The smallest absolute Gasteiger partial charge is 0.225 e. The van der Waals surface area contributed by atoms with Crippen LogP contribution in [-0.2, 0) is 23.3 Å². The van der Waals surface area contributed by atoms with Crippen LogP contribution < -0.4 is 14.4 Å². The highest BCUT2D eigenvalue weighted by atomic mass is 16.5. The molecule has 0 atom stereocenters. The van der Waals surface area contributed by atoms with Crippen molar-refractivity contribution in [1.29, 1.82) is 0 Å². The lowest BCUT2D eigenvalue weighted by molar-refractivity contribution is -0.138. The normalized spacial score (nSPS) is 21.7. The molecule has 1 aromatic carbocycles. The van der Waals surface area contributed by atoms with Crippen LogP contribution in [0.2, 0.25) is 0 Å². The molecule has 0 unspecified atom stereocenters. The minimum atomic E-state index is -0.0715. The lowest BCUT2D eigenvalue weighted by atomic mass is 9.68. The predicted molar refractivity (Wildman–Crippen MR) is 181 cm³/mol. The molecule has 11 nitrogen and oxygen atoms in total. The Hall–Kier alpha value is -4.25. The number of pyridine rings is 1. The molecule has 5 heterocycles. The van der Waals surface area contributed by atoms with Gasteiger partial charge in [0, 0.05) is 49.9 Å². The van der Waals surface area contributed by atoms with Crippen molar-refractivity contribution in [3.05, 3.63) is 65.4 Å². The van der Waals surface area contributed by atoms with E-state index in [1.54, 1.807) is 6.33 Å². The van der Waals surface area contributed by atoms with Crippen molar-refractivity contribution in [3.8, 4) is 11.5 Å². The quantitative estimate of drug-likeness (QED) is 0.274. The zero-order chi connectivity index (χ0) is 32.5. The molecule has 1 spiro atoms. The van der Waals surface area contributed by atoms with Gasteiger partial charge in [-0.2, -0.15) is 5.10 Å². The van der Waals surface area contributed by atoms with Crippen LogP contribution in [-0.4, -0.2) is 93.4 Å². The summed E-state index contributed by atoms with van der Waals surface area (Å²) in [5.74, 6) is 2.90. The molecule has 1 saturated heterocycles. The second-order valence-electron chi connectivity index (χ2n) is 13.1. The molecule has 4 aromatic rings. The van der Waals surface area contributed by atoms with Gasteiger partial charge in [0.2, 0.25) is 5.91 Å². The minimum absolute atomic E-state index is 0.0548. The topological polar surface area (TPSA) is 102 Å². The van der Waals surface area contributed by atoms with Gasteiger partial charge in [-0.3, -0.25) is 14.7 Å². The van der Waals surface area contributed by atoms with Crippen molar-refractivity contribution in [3.63, 3.8) is 0 Å². The van der Waals surface area contributed by atoms with Gasteiger partial charge in [0.15, 0.2) is 17.1 Å². The van der Waals surface area contributed by atoms with E-state index < -0.39 is 0 Å². The number of carbonyl (C=O) groups is 1. The van der Waals surface area contributed by atoms with Gasteiger partial charge >= 0.3 is 0 Å². The van der Waals surface area contributed by atoms with Gasteiger partial charge in [-0.25, -0.2) is 14.6 Å². The van der Waals surface area contributed by atoms with Crippen molar-refractivity contribution in [1.82, 2.24) is 34.5 Å². The number of hydrogen-bond donors (Lipinski definition) is 0. The molecule has 1 saturated carbocycles. The summed E-state index contributed by atoms with van der Waals surface area (Å²) in [6, 6.07) is 10.4. The molecule has 3 aliphatic rings. The van der Waals surface area contributed by atoms with E-state index in [2.05, 4.69) is 53.9 Å². The Balaban J connectivity index is 1.01. The highest BCUT2D eigenvalue weighted by Crippen LogP contribution is 2.49. The van der Waals surface area contributed by atoms with Gasteiger partial charge in [-0.1, -0.05) is 6.07 Å². The van der Waals surface area contributed by atoms with E-state index in [0.717, 1.165) is 91.5 Å². The molecule has 0 N–H and O–H groups in total. The van der Waals surface area contributed by atoms with E-state index in [9.17, 15) is 4.79 Å². The Morgan fingerprint density at radius 1 is 0.979 bits per heavy atom. The summed E-state index contributed by atoms with van der Waals surface area (Å²) in [6.07, 6.45) is 8.18. The van der Waals surface area contributed by atoms with Gasteiger partial charge in [0.25, 0.3) is 0 Å². The molecule has 248 valence electrons. The zero-order valence-electron chi connectivity index (χ0n) is 28.1. The first-order chi connectivity index (χ1) is 22.9. The van der Waals surface area contributed by atoms with Crippen molar-refractivity contribution < 1.29 is 14.3 Å². The van der Waals surface area contributed by atoms with Gasteiger partial charge < -0.3 is 19.3 Å². The third-order valence-corrected chi connectivity index (χ3v) is 10.4. The van der Waals surface area contributed by atoms with Crippen LogP contribution in [0.25, 0.3) is 11.0 Å². The maximum atomic E-state index is 13.9. The Kier molecular flexibility index (Phi) is 8.74. The SMILES string of the molecule is CCOc1cc2c(cc1OCC)C1(CCC(C(=O)N3CCN(c4ncnc5c4cnn5Cc4cccc(C)n4)CC3)CC1)N(C)CC2. The fourth-order valence-electron chi connectivity index (χ4n) is 7.97. The fourth-order valence-corrected chi connectivity index (χ4v) is 7.97. The van der Waals surface area contributed by atoms with Gasteiger partial charge in [-0.15, -0.1) is 0 Å². The first-order valence-corrected chi connectivity index (χ1v) is 17.2. The first kappa shape index (κ1) is 31.4. The monoisotopic (exact) mass is 638 g/mol. The largest absolute Gasteiger partial charge is 0.490 e. The number of hydrogen-bond acceptors (Lipinski definition) is 9. The number of anilines is 1. The molecule has 47 heavy (non-hydrogen) atoms. The molecule has 0 bridgehead atoms. The van der Waals surface area contributed by atoms with Crippen LogP contribution in [0, 0.1) is 12.8 Å². The molecule has 11 heteroatoms. The molecular formula is C36H46N8O3. The fraction of sp³-hybridized carbons (Fsp3) is 0.528. The van der Waals surface area contributed by atoms with E-state index in [1.165, 1.54) is 11.1 Å². The number of carbonyl (C=O) groups excluding carboxylic acids is 1. The van der Waals surface area contributed by atoms with Crippen LogP contribution in [0.15, 0.2) is 42.9 Å². The van der Waals surface area contributed by atoms with E-state index >= 15 is 0 Å². The lowest BCUT2D eigenvalue weighted by Gasteiger charge is -2.51. The molecule has 2 fully saturated rings. The number of nitrogens with zero attached hydrogens (tertiary/aromatic N) is 8. The second-order valence-corrected chi connectivity index (χ2v) is 13.1. The molecule has 2 aliphatic heterocycles. The summed E-state index contributed by atoms with van der Waals surface area (Å²) in [5, 5.41) is 5.55. The van der Waals surface area contributed by atoms with Crippen LogP contribution in [0.4, 0.5) is 5.82 Å². The highest BCUT2D eigenvalue weighted by Gasteiger charge is 2.46. The molecular weight excluding hydrogens is 592 g/mol. The van der Waals surface area contributed by atoms with Gasteiger partial charge in [0.1, 0.15) is 12.1 Å². The Morgan fingerprint density at radius 3 is 2.45 bits per heavy atom. The second kappa shape index (κ2) is 13.1. The van der Waals surface area contributed by atoms with Crippen LogP contribution >= 0.6 is 0 Å². The Morgan fingerprint density at radius 2 is 1.72 bits per heavy atom. The number of benzene rings is 1. The summed E-state index contributed by atoms with van der Waals surface area (Å²) >= 11 is 0. The average Bonchev–Trinajstić information content (AvgIpc) is 3.50. The van der Waals surface area contributed by atoms with Crippen molar-refractivity contribution in [2.24, 2.45) is 5.92 Å². The number of aromatic nitrogens is 5. The zero-order valence-corrected chi connectivity index (χ0v) is 28.1. The molecule has 3 aromatic heterocycles. The Bertz CT molecular complexity index is 1740. The van der Waals surface area contributed by atoms with E-state index in [1.807, 2.05) is 49.8 Å². The van der Waals surface area contributed by atoms with Crippen molar-refractivity contribution >= 4 is 22.8 Å². The summed E-state index contributed by atoms with van der Waals surface area (Å²) in [4.78, 5) is 34.6. The van der Waals surface area contributed by atoms with Crippen LogP contribution in [0.3, 0.4) is 0 Å². The maximum Gasteiger partial charge on any atom is 0.225 e. The summed E-state index contributed by atoms with van der Waals surface area (Å²) in [5.41, 5.74) is 5.36. The lowest BCUT2D eigenvalue weighted by Crippen LogP contribution is -2.54. The number of likely N-dealkylation sites (N-methyl/N-ethyl adjacent to an activating group) is 1. The highest BCUT2D eigenvalue weighted by molar-refractivity contribution is 5.87. The summed E-state index contributed by atoms with van der Waals surface area (Å²) < 4.78 is 13.9. The van der Waals surface area contributed by atoms with Crippen molar-refractivity contribution in [2.75, 3.05) is 57.9 Å². The van der Waals surface area contributed by atoms with Gasteiger partial charge in [-0.05, 0) is 95.3 Å². The summed E-state index contributed by atoms with van der Waals surface area (Å²) in [7, 11) is 2.24. The first-order valence-electron chi connectivity index (χ1n) is 17.2. The minimum Gasteiger partial charge on any atom is -0.490 e. The van der Waals surface area contributed by atoms with Crippen LogP contribution in [0.5, 0.6) is 11.5 Å². The Labute approximate surface area is 276 Å². The summed E-state index contributed by atoms with van der Waals surface area (Å²) in [6.45, 7) is 11.6. The third-order valence-electron chi connectivity index (χ3n) is 10.4. The van der Waals surface area contributed by atoms with Crippen molar-refractivity contribution in [2.45, 2.75) is 65.0 Å². The molecule has 0 radical (unpaired) electrons. The van der Waals surface area contributed by atoms with E-state index in [0.29, 0.717) is 38.8 Å². The number of aryl methyl sites for hydroxylation is 1. The number of ether oxygens (including phenoxy) is 2. The standard InChI is InChI=1S/C36H46N8O3/c1-5-46-31-20-27-12-15-41(4)36(30(27)21-32(31)47-6-2)13-10-26(11-14-36)35(45)43-18-16-42(17-19-43)33-29-22-39-44(34(29)38-24-37-33)23-28-9-7-8-25(3)40-28/h7-9,20-22,24,26H,5-6,10-19,23H2,1-4H3. The van der Waals surface area contributed by atoms with Crippen LogP contribution in [0.1, 0.15) is 62.0 Å². The molecule has 7 rings (SSSR count). The predicted octanol–water partition coefficient (Wildman–Crippen LogP) is 4.60. The maximum absolute atomic E-state index is 13.9. The van der Waals surface area contributed by atoms with E-state index in [4.69, 9.17) is 9.47 Å². The number of piperazine rings is 1. The number of amides is 1. The van der Waals surface area contributed by atoms with Gasteiger partial charge in [0.05, 0.1) is 37.0 Å². The molecule has 1 aliphatic carbocycles. The number of fused-ring (bicyclic) bond motifs is 3.